The monoisotopic (exact) mass is 211 g/mol. The van der Waals surface area contributed by atoms with Crippen LogP contribution in [0.15, 0.2) is 12.2 Å². The minimum atomic E-state index is -1.13. The van der Waals surface area contributed by atoms with E-state index >= 15 is 0 Å². The van der Waals surface area contributed by atoms with Crippen LogP contribution in [0.1, 0.15) is 26.2 Å². The number of imide groups is 1. The summed E-state index contributed by atoms with van der Waals surface area (Å²) in [6.07, 6.45) is 4.01. The molecule has 2 amide bonds. The van der Waals surface area contributed by atoms with Gasteiger partial charge in [-0.1, -0.05) is 19.8 Å². The molecule has 0 saturated carbocycles. The van der Waals surface area contributed by atoms with Crippen molar-refractivity contribution >= 4 is 17.8 Å². The van der Waals surface area contributed by atoms with E-state index in [1.165, 1.54) is 0 Å². The van der Waals surface area contributed by atoms with Gasteiger partial charge in [0.05, 0.1) is 0 Å². The lowest BCUT2D eigenvalue weighted by atomic mass is 10.1. The first kappa shape index (κ1) is 11.4. The van der Waals surface area contributed by atoms with Crippen molar-refractivity contribution in [1.82, 2.24) is 4.90 Å². The molecule has 0 aromatic heterocycles. The first-order valence-electron chi connectivity index (χ1n) is 4.86. The number of unbranched alkanes of at least 4 members (excludes halogenated alkanes) is 1. The van der Waals surface area contributed by atoms with Crippen LogP contribution in [-0.4, -0.2) is 33.8 Å². The van der Waals surface area contributed by atoms with E-state index in [2.05, 4.69) is 0 Å². The molecule has 0 radical (unpaired) electrons. The third kappa shape index (κ3) is 2.43. The molecule has 1 N–H and O–H groups in total. The van der Waals surface area contributed by atoms with Crippen molar-refractivity contribution in [1.29, 1.82) is 0 Å². The quantitative estimate of drug-likeness (QED) is 0.674. The van der Waals surface area contributed by atoms with E-state index in [9.17, 15) is 14.4 Å². The number of hydrogen-bond donors (Lipinski definition) is 1. The summed E-state index contributed by atoms with van der Waals surface area (Å²) in [6, 6.07) is -1.03. The first-order valence-corrected chi connectivity index (χ1v) is 4.86. The fourth-order valence-corrected chi connectivity index (χ4v) is 1.48. The van der Waals surface area contributed by atoms with Crippen LogP contribution in [0.2, 0.25) is 0 Å². The van der Waals surface area contributed by atoms with Gasteiger partial charge in [0.15, 0.2) is 0 Å². The Morgan fingerprint density at radius 3 is 2.33 bits per heavy atom. The number of carboxylic acids is 1. The number of amides is 2. The lowest BCUT2D eigenvalue weighted by Crippen LogP contribution is -2.44. The van der Waals surface area contributed by atoms with Crippen molar-refractivity contribution in [2.24, 2.45) is 0 Å². The molecule has 0 bridgehead atoms. The Balaban J connectivity index is 2.76. The number of carboxylic acid groups (broad SMARTS) is 1. The van der Waals surface area contributed by atoms with E-state index in [0.717, 1.165) is 23.5 Å². The minimum Gasteiger partial charge on any atom is -0.480 e. The lowest BCUT2D eigenvalue weighted by Gasteiger charge is -2.21. The molecule has 1 heterocycles. The molecule has 1 aliphatic rings. The van der Waals surface area contributed by atoms with Crippen LogP contribution in [0.5, 0.6) is 0 Å². The third-order valence-corrected chi connectivity index (χ3v) is 2.27. The maximum atomic E-state index is 11.2. The van der Waals surface area contributed by atoms with Crippen LogP contribution in [0.4, 0.5) is 0 Å². The number of carbonyl (C=O) groups excluding carboxylic acids is 2. The average molecular weight is 211 g/mol. The fourth-order valence-electron chi connectivity index (χ4n) is 1.48. The van der Waals surface area contributed by atoms with Crippen molar-refractivity contribution in [2.75, 3.05) is 0 Å². The zero-order chi connectivity index (χ0) is 11.4. The van der Waals surface area contributed by atoms with Gasteiger partial charge in [-0.15, -0.1) is 0 Å². The molecule has 5 nitrogen and oxygen atoms in total. The van der Waals surface area contributed by atoms with Gasteiger partial charge in [-0.2, -0.15) is 0 Å². The second-order valence-electron chi connectivity index (χ2n) is 3.38. The van der Waals surface area contributed by atoms with Gasteiger partial charge in [-0.3, -0.25) is 14.5 Å². The molecule has 1 unspecified atom stereocenters. The Morgan fingerprint density at radius 2 is 1.93 bits per heavy atom. The van der Waals surface area contributed by atoms with E-state index in [-0.39, 0.29) is 0 Å². The van der Waals surface area contributed by atoms with Gasteiger partial charge >= 0.3 is 5.97 Å². The maximum absolute atomic E-state index is 11.2. The highest BCUT2D eigenvalue weighted by atomic mass is 16.4. The zero-order valence-corrected chi connectivity index (χ0v) is 8.47. The molecule has 5 heteroatoms. The Labute approximate surface area is 87.4 Å². The smallest absolute Gasteiger partial charge is 0.326 e. The van der Waals surface area contributed by atoms with Crippen LogP contribution < -0.4 is 0 Å². The predicted octanol–water partition coefficient (Wildman–Crippen LogP) is 0.555. The van der Waals surface area contributed by atoms with Crippen LogP contribution in [0.25, 0.3) is 0 Å². The van der Waals surface area contributed by atoms with Crippen molar-refractivity contribution in [3.05, 3.63) is 12.2 Å². The standard InChI is InChI=1S/C10H13NO4/c1-2-3-4-7(10(14)15)11-8(12)5-6-9(11)13/h5-7H,2-4H2,1H3,(H,14,15). The molecule has 82 valence electrons. The van der Waals surface area contributed by atoms with E-state index in [4.69, 9.17) is 5.11 Å². The normalized spacial score (nSPS) is 17.3. The van der Waals surface area contributed by atoms with Crippen molar-refractivity contribution in [2.45, 2.75) is 32.2 Å². The summed E-state index contributed by atoms with van der Waals surface area (Å²) >= 11 is 0. The molecular weight excluding hydrogens is 198 g/mol. The number of hydrogen-bond acceptors (Lipinski definition) is 3. The topological polar surface area (TPSA) is 74.7 Å². The lowest BCUT2D eigenvalue weighted by molar-refractivity contribution is -0.153. The van der Waals surface area contributed by atoms with Crippen molar-refractivity contribution in [3.8, 4) is 0 Å². The average Bonchev–Trinajstić information content (AvgIpc) is 2.49. The van der Waals surface area contributed by atoms with Gasteiger partial charge in [0, 0.05) is 12.2 Å². The Kier molecular flexibility index (Phi) is 3.60. The number of aliphatic carboxylic acids is 1. The van der Waals surface area contributed by atoms with Gasteiger partial charge in [0.1, 0.15) is 6.04 Å². The van der Waals surface area contributed by atoms with Crippen molar-refractivity contribution in [3.63, 3.8) is 0 Å². The molecule has 0 aromatic carbocycles. The molecule has 0 saturated heterocycles. The van der Waals surface area contributed by atoms with Gasteiger partial charge in [0.2, 0.25) is 0 Å². The third-order valence-electron chi connectivity index (χ3n) is 2.27. The Bertz CT molecular complexity index is 303. The largest absolute Gasteiger partial charge is 0.480 e. The van der Waals surface area contributed by atoms with Crippen molar-refractivity contribution < 1.29 is 19.5 Å². The minimum absolute atomic E-state index is 0.311. The molecule has 0 spiro atoms. The molecule has 1 atom stereocenters. The van der Waals surface area contributed by atoms with E-state index in [1.807, 2.05) is 6.92 Å². The molecule has 0 aromatic rings. The number of nitrogens with zero attached hydrogens (tertiary/aromatic N) is 1. The second-order valence-corrected chi connectivity index (χ2v) is 3.38. The Morgan fingerprint density at radius 1 is 1.40 bits per heavy atom. The maximum Gasteiger partial charge on any atom is 0.326 e. The highest BCUT2D eigenvalue weighted by Crippen LogP contribution is 2.14. The van der Waals surface area contributed by atoms with Gasteiger partial charge in [-0.05, 0) is 6.42 Å². The number of rotatable bonds is 5. The summed E-state index contributed by atoms with van der Waals surface area (Å²) in [6.45, 7) is 1.92. The van der Waals surface area contributed by atoms with E-state index < -0.39 is 23.8 Å². The molecule has 15 heavy (non-hydrogen) atoms. The summed E-state index contributed by atoms with van der Waals surface area (Å²) in [5, 5.41) is 8.92. The van der Waals surface area contributed by atoms with Gasteiger partial charge < -0.3 is 5.11 Å². The molecular formula is C10H13NO4. The first-order chi connectivity index (χ1) is 7.07. The zero-order valence-electron chi connectivity index (χ0n) is 8.47. The van der Waals surface area contributed by atoms with E-state index in [1.54, 1.807) is 0 Å². The molecule has 1 aliphatic heterocycles. The van der Waals surface area contributed by atoms with Crippen LogP contribution in [0.3, 0.4) is 0 Å². The predicted molar refractivity (Wildman–Crippen MR) is 51.9 cm³/mol. The van der Waals surface area contributed by atoms with Gasteiger partial charge in [0.25, 0.3) is 11.8 Å². The van der Waals surface area contributed by atoms with E-state index in [0.29, 0.717) is 12.8 Å². The summed E-state index contributed by atoms with van der Waals surface area (Å²) in [4.78, 5) is 34.2. The molecule has 1 rings (SSSR count). The molecule has 0 aliphatic carbocycles. The fraction of sp³-hybridized carbons (Fsp3) is 0.500. The highest BCUT2D eigenvalue weighted by molar-refractivity contribution is 6.14. The SMILES string of the molecule is CCCCC(C(=O)O)N1C(=O)C=CC1=O. The second kappa shape index (κ2) is 4.72. The number of carbonyl (C=O) groups is 3. The Hall–Kier alpha value is -1.65. The van der Waals surface area contributed by atoms with Crippen LogP contribution >= 0.6 is 0 Å². The van der Waals surface area contributed by atoms with Crippen LogP contribution in [0, 0.1) is 0 Å². The summed E-state index contributed by atoms with van der Waals surface area (Å²) in [5.41, 5.74) is 0. The van der Waals surface area contributed by atoms with Gasteiger partial charge in [-0.25, -0.2) is 4.79 Å². The molecule has 0 fully saturated rings. The summed E-state index contributed by atoms with van der Waals surface area (Å²) < 4.78 is 0. The summed E-state index contributed by atoms with van der Waals surface area (Å²) in [5.74, 6) is -2.21. The van der Waals surface area contributed by atoms with Crippen LogP contribution in [-0.2, 0) is 14.4 Å². The summed E-state index contributed by atoms with van der Waals surface area (Å²) in [7, 11) is 0. The highest BCUT2D eigenvalue weighted by Gasteiger charge is 2.35.